The molecule has 100 valence electrons. The summed E-state index contributed by atoms with van der Waals surface area (Å²) in [6.45, 7) is 7.70. The average molecular weight is 244 g/mol. The first-order valence-corrected chi connectivity index (χ1v) is 6.19. The smallest absolute Gasteiger partial charge is 0.303 e. The van der Waals surface area contributed by atoms with Crippen LogP contribution in [0.15, 0.2) is 0 Å². The first-order valence-electron chi connectivity index (χ1n) is 6.19. The first-order chi connectivity index (χ1) is 7.97. The molecule has 0 radical (unpaired) electrons. The summed E-state index contributed by atoms with van der Waals surface area (Å²) >= 11 is 0. The van der Waals surface area contributed by atoms with Crippen molar-refractivity contribution in [2.45, 2.75) is 46.1 Å². The van der Waals surface area contributed by atoms with E-state index in [0.717, 1.165) is 6.42 Å². The molecule has 0 aromatic rings. The number of carboxylic acids is 1. The molecule has 0 aliphatic carbocycles. The highest BCUT2D eigenvalue weighted by molar-refractivity contribution is 5.78. The number of nitrogens with one attached hydrogen (secondary N) is 1. The topological polar surface area (TPSA) is 69.6 Å². The molecular weight excluding hydrogens is 220 g/mol. The van der Waals surface area contributed by atoms with E-state index >= 15 is 0 Å². The molecule has 0 saturated heterocycles. The molecule has 2 N–H and O–H groups in total. The Labute approximate surface area is 103 Å². The van der Waals surface area contributed by atoms with Gasteiger partial charge in [0.25, 0.3) is 0 Å². The highest BCUT2D eigenvalue weighted by Gasteiger charge is 2.13. The quantitative estimate of drug-likeness (QED) is 0.637. The number of carbonyl (C=O) groups is 2. The van der Waals surface area contributed by atoms with Gasteiger partial charge in [0.2, 0.25) is 5.91 Å². The van der Waals surface area contributed by atoms with Crippen LogP contribution >= 0.6 is 0 Å². The number of hydrogen-bond donors (Lipinski definition) is 2. The van der Waals surface area contributed by atoms with Crippen LogP contribution in [0.1, 0.15) is 40.0 Å². The highest BCUT2D eigenvalue weighted by atomic mass is 16.4. The number of carboxylic acid groups (broad SMARTS) is 1. The van der Waals surface area contributed by atoms with Gasteiger partial charge in [-0.2, -0.15) is 0 Å². The van der Waals surface area contributed by atoms with E-state index in [1.165, 1.54) is 0 Å². The van der Waals surface area contributed by atoms with Crippen LogP contribution < -0.4 is 5.32 Å². The molecule has 5 heteroatoms. The molecule has 0 saturated carbocycles. The van der Waals surface area contributed by atoms with Gasteiger partial charge in [-0.25, -0.2) is 0 Å². The average Bonchev–Trinajstić information content (AvgIpc) is 2.24. The van der Waals surface area contributed by atoms with Crippen LogP contribution in [0.5, 0.6) is 0 Å². The van der Waals surface area contributed by atoms with Crippen molar-refractivity contribution >= 4 is 11.9 Å². The van der Waals surface area contributed by atoms with Crippen molar-refractivity contribution in [3.8, 4) is 0 Å². The van der Waals surface area contributed by atoms with Gasteiger partial charge in [-0.1, -0.05) is 6.92 Å². The van der Waals surface area contributed by atoms with E-state index in [1.54, 1.807) is 0 Å². The van der Waals surface area contributed by atoms with Gasteiger partial charge >= 0.3 is 5.97 Å². The predicted octanol–water partition coefficient (Wildman–Crippen LogP) is 1.09. The second-order valence-corrected chi connectivity index (χ2v) is 4.41. The minimum Gasteiger partial charge on any atom is -0.481 e. The van der Waals surface area contributed by atoms with E-state index in [0.29, 0.717) is 26.1 Å². The van der Waals surface area contributed by atoms with Crippen molar-refractivity contribution in [2.75, 3.05) is 19.6 Å². The number of amides is 1. The Bertz CT molecular complexity index is 242. The fourth-order valence-corrected chi connectivity index (χ4v) is 1.46. The van der Waals surface area contributed by atoms with Crippen molar-refractivity contribution < 1.29 is 14.7 Å². The SMILES string of the molecule is CCCNC(=O)CN(CCCC(=O)O)C(C)C. The van der Waals surface area contributed by atoms with E-state index in [9.17, 15) is 9.59 Å². The summed E-state index contributed by atoms with van der Waals surface area (Å²) in [6, 6.07) is 0.246. The van der Waals surface area contributed by atoms with Crippen LogP contribution in [0.4, 0.5) is 0 Å². The lowest BCUT2D eigenvalue weighted by molar-refractivity contribution is -0.137. The molecule has 5 nitrogen and oxygen atoms in total. The van der Waals surface area contributed by atoms with Gasteiger partial charge in [-0.15, -0.1) is 0 Å². The van der Waals surface area contributed by atoms with Crippen LogP contribution in [0.25, 0.3) is 0 Å². The van der Waals surface area contributed by atoms with Gasteiger partial charge in [0.1, 0.15) is 0 Å². The lowest BCUT2D eigenvalue weighted by atomic mass is 10.2. The summed E-state index contributed by atoms with van der Waals surface area (Å²) in [7, 11) is 0. The number of rotatable bonds is 9. The van der Waals surface area contributed by atoms with Gasteiger partial charge in [-0.05, 0) is 33.2 Å². The normalized spacial score (nSPS) is 10.9. The van der Waals surface area contributed by atoms with Crippen molar-refractivity contribution in [1.82, 2.24) is 10.2 Å². The number of carbonyl (C=O) groups excluding carboxylic acids is 1. The minimum absolute atomic E-state index is 0.0101. The fourth-order valence-electron chi connectivity index (χ4n) is 1.46. The van der Waals surface area contributed by atoms with Crippen LogP contribution in [0, 0.1) is 0 Å². The summed E-state index contributed by atoms with van der Waals surface area (Å²) in [6.07, 6.45) is 1.65. The first kappa shape index (κ1) is 15.9. The lowest BCUT2D eigenvalue weighted by Gasteiger charge is -2.25. The van der Waals surface area contributed by atoms with E-state index in [-0.39, 0.29) is 18.4 Å². The molecular formula is C12H24N2O3. The largest absolute Gasteiger partial charge is 0.481 e. The monoisotopic (exact) mass is 244 g/mol. The third-order valence-corrected chi connectivity index (χ3v) is 2.49. The fraction of sp³-hybridized carbons (Fsp3) is 0.833. The van der Waals surface area contributed by atoms with Crippen molar-refractivity contribution in [3.05, 3.63) is 0 Å². The van der Waals surface area contributed by atoms with Gasteiger partial charge < -0.3 is 10.4 Å². The third kappa shape index (κ3) is 8.68. The maximum absolute atomic E-state index is 11.5. The van der Waals surface area contributed by atoms with Crippen LogP contribution in [-0.4, -0.2) is 47.6 Å². The van der Waals surface area contributed by atoms with E-state index in [4.69, 9.17) is 5.11 Å². The standard InChI is InChI=1S/C12H24N2O3/c1-4-7-13-11(15)9-14(10(2)3)8-5-6-12(16)17/h10H,4-9H2,1-3H3,(H,13,15)(H,16,17). The van der Waals surface area contributed by atoms with Crippen LogP contribution in [0.2, 0.25) is 0 Å². The zero-order valence-electron chi connectivity index (χ0n) is 11.0. The molecule has 0 fully saturated rings. The maximum Gasteiger partial charge on any atom is 0.303 e. The molecule has 0 aromatic heterocycles. The maximum atomic E-state index is 11.5. The van der Waals surface area contributed by atoms with Crippen LogP contribution in [0.3, 0.4) is 0 Å². The Morgan fingerprint density at radius 1 is 1.35 bits per heavy atom. The van der Waals surface area contributed by atoms with Gasteiger partial charge in [0.05, 0.1) is 6.54 Å². The van der Waals surface area contributed by atoms with Crippen molar-refractivity contribution in [1.29, 1.82) is 0 Å². The number of aliphatic carboxylic acids is 1. The molecule has 0 rings (SSSR count). The van der Waals surface area contributed by atoms with Gasteiger partial charge in [0.15, 0.2) is 0 Å². The molecule has 0 aromatic carbocycles. The third-order valence-electron chi connectivity index (χ3n) is 2.49. The molecule has 0 atom stereocenters. The molecule has 0 aliphatic heterocycles. The van der Waals surface area contributed by atoms with Crippen LogP contribution in [-0.2, 0) is 9.59 Å². The van der Waals surface area contributed by atoms with Crippen molar-refractivity contribution in [2.24, 2.45) is 0 Å². The lowest BCUT2D eigenvalue weighted by Crippen LogP contribution is -2.41. The summed E-state index contributed by atoms with van der Waals surface area (Å²) < 4.78 is 0. The molecule has 0 aliphatic rings. The zero-order chi connectivity index (χ0) is 13.3. The summed E-state index contributed by atoms with van der Waals surface area (Å²) in [5.74, 6) is -0.778. The molecule has 0 unspecified atom stereocenters. The Morgan fingerprint density at radius 2 is 2.00 bits per heavy atom. The predicted molar refractivity (Wildman–Crippen MR) is 66.9 cm³/mol. The molecule has 0 spiro atoms. The molecule has 0 bridgehead atoms. The van der Waals surface area contributed by atoms with E-state index < -0.39 is 5.97 Å². The van der Waals surface area contributed by atoms with Gasteiger partial charge in [0, 0.05) is 19.0 Å². The minimum atomic E-state index is -0.788. The molecule has 0 heterocycles. The second-order valence-electron chi connectivity index (χ2n) is 4.41. The Hall–Kier alpha value is -1.10. The second kappa shape index (κ2) is 8.98. The van der Waals surface area contributed by atoms with Gasteiger partial charge in [-0.3, -0.25) is 14.5 Å². The summed E-state index contributed by atoms with van der Waals surface area (Å²) in [5, 5.41) is 11.4. The number of nitrogens with zero attached hydrogens (tertiary/aromatic N) is 1. The Morgan fingerprint density at radius 3 is 2.47 bits per heavy atom. The molecule has 17 heavy (non-hydrogen) atoms. The summed E-state index contributed by atoms with van der Waals surface area (Å²) in [4.78, 5) is 24.0. The van der Waals surface area contributed by atoms with Crippen molar-refractivity contribution in [3.63, 3.8) is 0 Å². The Kier molecular flexibility index (Phi) is 8.40. The highest BCUT2D eigenvalue weighted by Crippen LogP contribution is 2.01. The van der Waals surface area contributed by atoms with E-state index in [2.05, 4.69) is 5.32 Å². The van der Waals surface area contributed by atoms with E-state index in [1.807, 2.05) is 25.7 Å². The summed E-state index contributed by atoms with van der Waals surface area (Å²) in [5.41, 5.74) is 0. The Balaban J connectivity index is 3.97. The molecule has 1 amide bonds. The zero-order valence-corrected chi connectivity index (χ0v) is 11.0. The number of hydrogen-bond acceptors (Lipinski definition) is 3.